The molecule has 6 heteroatoms. The quantitative estimate of drug-likeness (QED) is 0.935. The Kier molecular flexibility index (Phi) is 4.55. The standard InChI is InChI=1S/C18H21N3O3/c1-13-7-8-14(17(19-13)24-2)18(23)21-11-9-20(10-12-21)15-5-3-4-6-16(15)22/h3-8,22H,9-12H2,1-2H3. The lowest BCUT2D eigenvalue weighted by molar-refractivity contribution is 0.0742. The number of amides is 1. The van der Waals surface area contributed by atoms with Crippen molar-refractivity contribution in [2.45, 2.75) is 6.92 Å². The smallest absolute Gasteiger partial charge is 0.259 e. The fourth-order valence-electron chi connectivity index (χ4n) is 2.90. The number of anilines is 1. The van der Waals surface area contributed by atoms with Gasteiger partial charge in [0.1, 0.15) is 11.3 Å². The van der Waals surface area contributed by atoms with Gasteiger partial charge in [-0.3, -0.25) is 4.79 Å². The number of hydrogen-bond donors (Lipinski definition) is 1. The highest BCUT2D eigenvalue weighted by Gasteiger charge is 2.25. The Labute approximate surface area is 141 Å². The van der Waals surface area contributed by atoms with Gasteiger partial charge in [-0.15, -0.1) is 0 Å². The Morgan fingerprint density at radius 3 is 2.50 bits per heavy atom. The molecule has 0 unspecified atom stereocenters. The van der Waals surface area contributed by atoms with Crippen LogP contribution in [0.3, 0.4) is 0 Å². The van der Waals surface area contributed by atoms with Gasteiger partial charge in [-0.25, -0.2) is 4.98 Å². The number of hydrogen-bond acceptors (Lipinski definition) is 5. The molecule has 1 aromatic carbocycles. The van der Waals surface area contributed by atoms with Crippen LogP contribution in [0, 0.1) is 6.92 Å². The van der Waals surface area contributed by atoms with Gasteiger partial charge in [-0.05, 0) is 31.2 Å². The number of aromatic hydroxyl groups is 1. The van der Waals surface area contributed by atoms with Crippen LogP contribution in [0.15, 0.2) is 36.4 Å². The number of para-hydroxylation sites is 2. The third-order valence-corrected chi connectivity index (χ3v) is 4.21. The van der Waals surface area contributed by atoms with Crippen LogP contribution in [0.2, 0.25) is 0 Å². The molecule has 0 spiro atoms. The van der Waals surface area contributed by atoms with E-state index in [4.69, 9.17) is 4.74 Å². The van der Waals surface area contributed by atoms with Crippen LogP contribution >= 0.6 is 0 Å². The summed E-state index contributed by atoms with van der Waals surface area (Å²) in [6.45, 7) is 4.38. The molecule has 1 N–H and O–H groups in total. The molecule has 1 aromatic heterocycles. The van der Waals surface area contributed by atoms with Gasteiger partial charge in [0.05, 0.1) is 12.8 Å². The lowest BCUT2D eigenvalue weighted by Gasteiger charge is -2.36. The summed E-state index contributed by atoms with van der Waals surface area (Å²) in [6, 6.07) is 10.8. The zero-order valence-electron chi connectivity index (χ0n) is 13.9. The van der Waals surface area contributed by atoms with Crippen LogP contribution in [0.1, 0.15) is 16.1 Å². The fourth-order valence-corrected chi connectivity index (χ4v) is 2.90. The monoisotopic (exact) mass is 327 g/mol. The third-order valence-electron chi connectivity index (χ3n) is 4.21. The summed E-state index contributed by atoms with van der Waals surface area (Å²) >= 11 is 0. The molecule has 2 aromatic rings. The summed E-state index contributed by atoms with van der Waals surface area (Å²) in [4.78, 5) is 20.9. The predicted octanol–water partition coefficient (Wildman–Crippen LogP) is 2.07. The van der Waals surface area contributed by atoms with Gasteiger partial charge in [-0.1, -0.05) is 12.1 Å². The summed E-state index contributed by atoms with van der Waals surface area (Å²) in [6.07, 6.45) is 0. The van der Waals surface area contributed by atoms with E-state index in [1.54, 1.807) is 23.1 Å². The number of piperazine rings is 1. The number of pyridine rings is 1. The number of rotatable bonds is 3. The second-order valence-corrected chi connectivity index (χ2v) is 5.78. The predicted molar refractivity (Wildman–Crippen MR) is 91.7 cm³/mol. The number of benzene rings is 1. The minimum atomic E-state index is -0.0729. The van der Waals surface area contributed by atoms with Crippen molar-refractivity contribution in [1.29, 1.82) is 0 Å². The van der Waals surface area contributed by atoms with E-state index < -0.39 is 0 Å². The number of methoxy groups -OCH3 is 1. The van der Waals surface area contributed by atoms with Crippen LogP contribution in [0.5, 0.6) is 11.6 Å². The first-order valence-corrected chi connectivity index (χ1v) is 7.94. The molecular formula is C18H21N3O3. The number of aryl methyl sites for hydroxylation is 1. The Hall–Kier alpha value is -2.76. The molecule has 6 nitrogen and oxygen atoms in total. The molecule has 3 rings (SSSR count). The zero-order chi connectivity index (χ0) is 17.1. The molecular weight excluding hydrogens is 306 g/mol. The van der Waals surface area contributed by atoms with Gasteiger partial charge in [0.2, 0.25) is 5.88 Å². The van der Waals surface area contributed by atoms with Crippen LogP contribution in [0.4, 0.5) is 5.69 Å². The van der Waals surface area contributed by atoms with E-state index in [-0.39, 0.29) is 11.7 Å². The maximum Gasteiger partial charge on any atom is 0.259 e. The first-order chi connectivity index (χ1) is 11.6. The molecule has 0 atom stereocenters. The van der Waals surface area contributed by atoms with Crippen molar-refractivity contribution >= 4 is 11.6 Å². The van der Waals surface area contributed by atoms with E-state index in [2.05, 4.69) is 9.88 Å². The molecule has 0 saturated carbocycles. The van der Waals surface area contributed by atoms with E-state index in [1.807, 2.05) is 25.1 Å². The van der Waals surface area contributed by atoms with E-state index in [0.29, 0.717) is 37.6 Å². The Balaban J connectivity index is 1.71. The third kappa shape index (κ3) is 3.13. The molecule has 1 aliphatic heterocycles. The van der Waals surface area contributed by atoms with E-state index in [1.165, 1.54) is 7.11 Å². The molecule has 24 heavy (non-hydrogen) atoms. The Morgan fingerprint density at radius 1 is 1.12 bits per heavy atom. The van der Waals surface area contributed by atoms with Gasteiger partial charge < -0.3 is 19.6 Å². The molecule has 0 aliphatic carbocycles. The first-order valence-electron chi connectivity index (χ1n) is 7.94. The SMILES string of the molecule is COc1nc(C)ccc1C(=O)N1CCN(c2ccccc2O)CC1. The van der Waals surface area contributed by atoms with Gasteiger partial charge in [0, 0.05) is 31.9 Å². The number of ether oxygens (including phenoxy) is 1. The van der Waals surface area contributed by atoms with Crippen LogP contribution in [0.25, 0.3) is 0 Å². The van der Waals surface area contributed by atoms with Crippen molar-refractivity contribution in [3.63, 3.8) is 0 Å². The molecule has 1 fully saturated rings. The highest BCUT2D eigenvalue weighted by Crippen LogP contribution is 2.27. The van der Waals surface area contributed by atoms with E-state index in [0.717, 1.165) is 11.4 Å². The molecule has 126 valence electrons. The summed E-state index contributed by atoms with van der Waals surface area (Å²) < 4.78 is 5.24. The van der Waals surface area contributed by atoms with E-state index in [9.17, 15) is 9.90 Å². The molecule has 1 amide bonds. The Bertz CT molecular complexity index is 740. The Morgan fingerprint density at radius 2 is 1.83 bits per heavy atom. The van der Waals surface area contributed by atoms with Gasteiger partial charge in [0.15, 0.2) is 0 Å². The van der Waals surface area contributed by atoms with Crippen LogP contribution in [-0.2, 0) is 0 Å². The average molecular weight is 327 g/mol. The minimum Gasteiger partial charge on any atom is -0.506 e. The van der Waals surface area contributed by atoms with Crippen LogP contribution < -0.4 is 9.64 Å². The maximum absolute atomic E-state index is 12.7. The molecule has 0 radical (unpaired) electrons. The topological polar surface area (TPSA) is 65.9 Å². The fraction of sp³-hybridized carbons (Fsp3) is 0.333. The molecule has 2 heterocycles. The summed E-state index contributed by atoms with van der Waals surface area (Å²) in [7, 11) is 1.52. The minimum absolute atomic E-state index is 0.0729. The summed E-state index contributed by atoms with van der Waals surface area (Å²) in [5, 5.41) is 9.96. The van der Waals surface area contributed by atoms with Crippen molar-refractivity contribution in [3.8, 4) is 11.6 Å². The second kappa shape index (κ2) is 6.78. The van der Waals surface area contributed by atoms with Gasteiger partial charge in [0.25, 0.3) is 5.91 Å². The largest absolute Gasteiger partial charge is 0.506 e. The van der Waals surface area contributed by atoms with Gasteiger partial charge in [-0.2, -0.15) is 0 Å². The van der Waals surface area contributed by atoms with Crippen molar-refractivity contribution in [1.82, 2.24) is 9.88 Å². The van der Waals surface area contributed by atoms with Crippen molar-refractivity contribution in [2.24, 2.45) is 0 Å². The number of carbonyl (C=O) groups excluding carboxylic acids is 1. The zero-order valence-corrected chi connectivity index (χ0v) is 13.9. The molecule has 1 aliphatic rings. The van der Waals surface area contributed by atoms with Crippen molar-refractivity contribution in [3.05, 3.63) is 47.7 Å². The van der Waals surface area contributed by atoms with Crippen molar-refractivity contribution in [2.75, 3.05) is 38.2 Å². The number of phenols is 1. The molecule has 1 saturated heterocycles. The number of nitrogens with zero attached hydrogens (tertiary/aromatic N) is 3. The van der Waals surface area contributed by atoms with Gasteiger partial charge >= 0.3 is 0 Å². The molecule has 0 bridgehead atoms. The second-order valence-electron chi connectivity index (χ2n) is 5.78. The lowest BCUT2D eigenvalue weighted by Crippen LogP contribution is -2.48. The maximum atomic E-state index is 12.7. The number of carbonyl (C=O) groups is 1. The lowest BCUT2D eigenvalue weighted by atomic mass is 10.2. The highest BCUT2D eigenvalue weighted by molar-refractivity contribution is 5.96. The normalized spacial score (nSPS) is 14.6. The van der Waals surface area contributed by atoms with Crippen LogP contribution in [-0.4, -0.2) is 54.2 Å². The van der Waals surface area contributed by atoms with Crippen molar-refractivity contribution < 1.29 is 14.6 Å². The number of phenolic OH excluding ortho intramolecular Hbond substituents is 1. The summed E-state index contributed by atoms with van der Waals surface area (Å²) in [5.41, 5.74) is 2.10. The number of aromatic nitrogens is 1. The van der Waals surface area contributed by atoms with E-state index >= 15 is 0 Å². The summed E-state index contributed by atoms with van der Waals surface area (Å²) in [5.74, 6) is 0.557. The first kappa shape index (κ1) is 16.1. The average Bonchev–Trinajstić information content (AvgIpc) is 2.61. The highest BCUT2D eigenvalue weighted by atomic mass is 16.5.